The number of alkyl halides is 2. The molecule has 3 fully saturated rings. The molecule has 5 nitrogen and oxygen atoms in total. The molecule has 4 aliphatic rings. The number of aliphatic hydroxyl groups excluding tert-OH is 2. The molecular weight excluding hydrogens is 382 g/mol. The van der Waals surface area contributed by atoms with E-state index in [-0.39, 0.29) is 24.8 Å². The number of aliphatic hydroxyl groups is 3. The summed E-state index contributed by atoms with van der Waals surface area (Å²) in [5, 5.41) is 31.9. The van der Waals surface area contributed by atoms with Crippen molar-refractivity contribution in [2.24, 2.45) is 28.6 Å². The fraction of sp³-hybridized carbons (Fsp3) is 0.727. The smallest absolute Gasteiger partial charge is 0.190 e. The Labute approximate surface area is 168 Å². The average molecular weight is 410 g/mol. The summed E-state index contributed by atoms with van der Waals surface area (Å²) in [4.78, 5) is 24.3. The van der Waals surface area contributed by atoms with Gasteiger partial charge in [0.15, 0.2) is 17.2 Å². The summed E-state index contributed by atoms with van der Waals surface area (Å²) in [6.45, 7) is 3.96. The fourth-order valence-electron chi connectivity index (χ4n) is 7.25. The Morgan fingerprint density at radius 3 is 2.55 bits per heavy atom. The molecule has 160 valence electrons. The van der Waals surface area contributed by atoms with Gasteiger partial charge in [-0.2, -0.15) is 0 Å². The van der Waals surface area contributed by atoms with Crippen LogP contribution < -0.4 is 0 Å². The maximum Gasteiger partial charge on any atom is 0.190 e. The minimum absolute atomic E-state index is 0.0409. The molecule has 0 amide bonds. The summed E-state index contributed by atoms with van der Waals surface area (Å²) in [7, 11) is 0. The number of fused-ring (bicyclic) bond motifs is 5. The van der Waals surface area contributed by atoms with Crippen LogP contribution in [0, 0.1) is 28.6 Å². The van der Waals surface area contributed by atoms with Gasteiger partial charge in [-0.3, -0.25) is 9.59 Å². The molecule has 3 N–H and O–H groups in total. The van der Waals surface area contributed by atoms with Gasteiger partial charge in [0, 0.05) is 16.7 Å². The number of hydrogen-bond donors (Lipinski definition) is 3. The molecule has 4 aliphatic carbocycles. The number of Topliss-reactive ketones (excluding diaryl/α,β-unsaturated/α-hetero) is 1. The van der Waals surface area contributed by atoms with Crippen molar-refractivity contribution in [3.05, 3.63) is 23.8 Å². The normalized spacial score (nSPS) is 53.7. The van der Waals surface area contributed by atoms with E-state index in [1.54, 1.807) is 13.8 Å². The topological polar surface area (TPSA) is 94.8 Å². The van der Waals surface area contributed by atoms with Gasteiger partial charge >= 0.3 is 0 Å². The average Bonchev–Trinajstić information content (AvgIpc) is 2.86. The van der Waals surface area contributed by atoms with Gasteiger partial charge < -0.3 is 15.3 Å². The largest absolute Gasteiger partial charge is 0.390 e. The van der Waals surface area contributed by atoms with E-state index in [1.165, 1.54) is 19.1 Å². The summed E-state index contributed by atoms with van der Waals surface area (Å²) < 4.78 is 32.1. The summed E-state index contributed by atoms with van der Waals surface area (Å²) >= 11 is 0. The molecule has 0 radical (unpaired) electrons. The van der Waals surface area contributed by atoms with E-state index in [0.717, 1.165) is 6.08 Å². The van der Waals surface area contributed by atoms with Gasteiger partial charge in [0.1, 0.15) is 18.4 Å². The Kier molecular flexibility index (Phi) is 4.34. The fourth-order valence-corrected chi connectivity index (χ4v) is 7.25. The molecule has 0 saturated heterocycles. The van der Waals surface area contributed by atoms with Crippen LogP contribution in [-0.2, 0) is 9.59 Å². The molecule has 4 rings (SSSR count). The highest BCUT2D eigenvalue weighted by atomic mass is 19.1. The van der Waals surface area contributed by atoms with Crippen LogP contribution in [0.2, 0.25) is 0 Å². The van der Waals surface area contributed by atoms with E-state index in [0.29, 0.717) is 0 Å². The second kappa shape index (κ2) is 6.05. The van der Waals surface area contributed by atoms with Crippen LogP contribution in [0.15, 0.2) is 23.8 Å². The Hall–Kier alpha value is -1.44. The second-order valence-electron chi connectivity index (χ2n) is 9.84. The van der Waals surface area contributed by atoms with Crippen molar-refractivity contribution in [1.82, 2.24) is 0 Å². The first-order valence-corrected chi connectivity index (χ1v) is 10.2. The summed E-state index contributed by atoms with van der Waals surface area (Å²) in [6.07, 6.45) is 0.427. The number of carbonyl (C=O) groups is 2. The van der Waals surface area contributed by atoms with Crippen molar-refractivity contribution in [2.45, 2.75) is 63.6 Å². The molecule has 1 unspecified atom stereocenters. The van der Waals surface area contributed by atoms with Crippen LogP contribution in [0.5, 0.6) is 0 Å². The van der Waals surface area contributed by atoms with Gasteiger partial charge in [-0.25, -0.2) is 8.78 Å². The maximum absolute atomic E-state index is 16.9. The first-order chi connectivity index (χ1) is 13.4. The molecule has 0 aromatic heterocycles. The van der Waals surface area contributed by atoms with Gasteiger partial charge in [0.25, 0.3) is 0 Å². The molecule has 0 aromatic rings. The molecule has 0 bridgehead atoms. The number of carbonyl (C=O) groups excluding carboxylic acids is 2. The first kappa shape index (κ1) is 20.8. The van der Waals surface area contributed by atoms with E-state index in [9.17, 15) is 24.9 Å². The third-order valence-electron chi connectivity index (χ3n) is 8.78. The quantitative estimate of drug-likeness (QED) is 0.646. The zero-order chi connectivity index (χ0) is 21.6. The molecule has 3 saturated carbocycles. The zero-order valence-corrected chi connectivity index (χ0v) is 16.9. The van der Waals surface area contributed by atoms with Crippen molar-refractivity contribution in [2.75, 3.05) is 6.61 Å². The Bertz CT molecular complexity index is 839. The molecule has 9 atom stereocenters. The molecular formula is C22H28F2O5. The van der Waals surface area contributed by atoms with E-state index in [4.69, 9.17) is 0 Å². The van der Waals surface area contributed by atoms with Gasteiger partial charge in [-0.1, -0.05) is 19.9 Å². The van der Waals surface area contributed by atoms with Gasteiger partial charge in [0.05, 0.1) is 6.10 Å². The zero-order valence-electron chi connectivity index (χ0n) is 16.9. The van der Waals surface area contributed by atoms with Crippen LogP contribution in [0.3, 0.4) is 0 Å². The lowest BCUT2D eigenvalue weighted by molar-refractivity contribution is -0.223. The molecule has 29 heavy (non-hydrogen) atoms. The van der Waals surface area contributed by atoms with Crippen LogP contribution in [0.25, 0.3) is 0 Å². The lowest BCUT2D eigenvalue weighted by Crippen LogP contribution is -2.70. The number of halogens is 2. The van der Waals surface area contributed by atoms with E-state index < -0.39 is 70.3 Å². The van der Waals surface area contributed by atoms with Crippen molar-refractivity contribution in [1.29, 1.82) is 0 Å². The Morgan fingerprint density at radius 2 is 1.93 bits per heavy atom. The van der Waals surface area contributed by atoms with Crippen LogP contribution in [0.1, 0.15) is 40.0 Å². The lowest BCUT2D eigenvalue weighted by Gasteiger charge is -2.63. The molecule has 0 aliphatic heterocycles. The number of rotatable bonds is 2. The third-order valence-corrected chi connectivity index (χ3v) is 8.78. The monoisotopic (exact) mass is 410 g/mol. The Balaban J connectivity index is 1.87. The minimum Gasteiger partial charge on any atom is -0.390 e. The minimum atomic E-state index is -2.24. The van der Waals surface area contributed by atoms with Crippen molar-refractivity contribution >= 4 is 11.6 Å². The molecule has 7 heteroatoms. The van der Waals surface area contributed by atoms with E-state index >= 15 is 8.78 Å². The number of hydrogen-bond acceptors (Lipinski definition) is 5. The van der Waals surface area contributed by atoms with Gasteiger partial charge in [-0.15, -0.1) is 0 Å². The standard InChI is InChI=1S/C22H28F2O5/c1-11-6-13-14-8-16(23)15-7-12(26)4-5-19(15,2)21(14,24)17(27)9-20(13,3)22(11,29)18(28)10-25/h4-5,7,11,13-14,16-17,25,27,29H,6,8-10H2,1-3H3/t11-,13-,14-,16+,17+,19+,20+,21?,22+/m1/s1. The van der Waals surface area contributed by atoms with Gasteiger partial charge in [0.2, 0.25) is 0 Å². The highest BCUT2D eigenvalue weighted by Crippen LogP contribution is 2.70. The first-order valence-electron chi connectivity index (χ1n) is 10.2. The summed E-state index contributed by atoms with van der Waals surface area (Å²) in [5.74, 6) is -3.24. The van der Waals surface area contributed by atoms with E-state index in [2.05, 4.69) is 0 Å². The van der Waals surface area contributed by atoms with Crippen molar-refractivity contribution < 1.29 is 33.7 Å². The highest BCUT2D eigenvalue weighted by Gasteiger charge is 2.76. The maximum atomic E-state index is 16.9. The predicted molar refractivity (Wildman–Crippen MR) is 100 cm³/mol. The summed E-state index contributed by atoms with van der Waals surface area (Å²) in [6, 6.07) is 0. The molecule has 0 heterocycles. The van der Waals surface area contributed by atoms with Crippen LogP contribution in [-0.4, -0.2) is 57.0 Å². The number of allylic oxidation sites excluding steroid dienone is 4. The lowest BCUT2D eigenvalue weighted by atomic mass is 9.44. The SMILES string of the molecule is C[C@@H]1C[C@@H]2[C@H]3C[C@H](F)C4=CC(=O)C=C[C@]4(C)C3(F)[C@@H](O)C[C@]2(C)[C@@]1(O)C(=O)CO. The van der Waals surface area contributed by atoms with Crippen LogP contribution in [0.4, 0.5) is 8.78 Å². The van der Waals surface area contributed by atoms with Gasteiger partial charge in [-0.05, 0) is 55.7 Å². The second-order valence-corrected chi connectivity index (χ2v) is 9.84. The number of ketones is 2. The highest BCUT2D eigenvalue weighted by molar-refractivity contribution is 6.01. The van der Waals surface area contributed by atoms with Crippen molar-refractivity contribution in [3.63, 3.8) is 0 Å². The van der Waals surface area contributed by atoms with E-state index in [1.807, 2.05) is 0 Å². The summed E-state index contributed by atoms with van der Waals surface area (Å²) in [5.41, 5.74) is -6.81. The predicted octanol–water partition coefficient (Wildman–Crippen LogP) is 1.84. The third kappa shape index (κ3) is 2.19. The van der Waals surface area contributed by atoms with Crippen LogP contribution >= 0.6 is 0 Å². The van der Waals surface area contributed by atoms with Crippen molar-refractivity contribution in [3.8, 4) is 0 Å². The molecule has 0 aromatic carbocycles. The Morgan fingerprint density at radius 1 is 1.28 bits per heavy atom. The molecule has 0 spiro atoms.